The summed E-state index contributed by atoms with van der Waals surface area (Å²) >= 11 is 6.01. The van der Waals surface area contributed by atoms with Crippen LogP contribution in [-0.2, 0) is 0 Å². The molecule has 1 heterocycles. The molecule has 0 bridgehead atoms. The summed E-state index contributed by atoms with van der Waals surface area (Å²) in [7, 11) is 0. The average Bonchev–Trinajstić information content (AvgIpc) is 2.43. The SMILES string of the molecule is CCC1(CC)CN(c2cc(Cl)ccc2F)C(C)CN1. The maximum Gasteiger partial charge on any atom is 0.146 e. The second-order valence-corrected chi connectivity index (χ2v) is 5.88. The van der Waals surface area contributed by atoms with Crippen LogP contribution in [0.2, 0.25) is 5.02 Å². The number of anilines is 1. The van der Waals surface area contributed by atoms with Gasteiger partial charge < -0.3 is 10.2 Å². The maximum atomic E-state index is 14.1. The molecule has 1 N–H and O–H groups in total. The first-order valence-electron chi connectivity index (χ1n) is 6.98. The van der Waals surface area contributed by atoms with E-state index in [1.54, 1.807) is 12.1 Å². The highest BCUT2D eigenvalue weighted by Crippen LogP contribution is 2.31. The molecule has 2 rings (SSSR count). The third-order valence-electron chi connectivity index (χ3n) is 4.35. The van der Waals surface area contributed by atoms with Gasteiger partial charge in [0.05, 0.1) is 5.69 Å². The lowest BCUT2D eigenvalue weighted by atomic mass is 9.88. The van der Waals surface area contributed by atoms with Gasteiger partial charge in [-0.15, -0.1) is 0 Å². The summed E-state index contributed by atoms with van der Waals surface area (Å²) in [5.74, 6) is -0.195. The lowest BCUT2D eigenvalue weighted by molar-refractivity contribution is 0.252. The second-order valence-electron chi connectivity index (χ2n) is 5.44. The zero-order valence-corrected chi connectivity index (χ0v) is 12.6. The Morgan fingerprint density at radius 2 is 2.11 bits per heavy atom. The Morgan fingerprint density at radius 1 is 1.42 bits per heavy atom. The van der Waals surface area contributed by atoms with E-state index in [0.717, 1.165) is 25.9 Å². The van der Waals surface area contributed by atoms with Gasteiger partial charge in [-0.3, -0.25) is 0 Å². The van der Waals surface area contributed by atoms with E-state index in [1.165, 1.54) is 6.07 Å². The molecule has 4 heteroatoms. The van der Waals surface area contributed by atoms with Crippen molar-refractivity contribution < 1.29 is 4.39 Å². The van der Waals surface area contributed by atoms with Crippen LogP contribution in [0.25, 0.3) is 0 Å². The van der Waals surface area contributed by atoms with Crippen molar-refractivity contribution in [3.8, 4) is 0 Å². The predicted octanol–water partition coefficient (Wildman–Crippen LogP) is 3.84. The van der Waals surface area contributed by atoms with E-state index < -0.39 is 0 Å². The minimum absolute atomic E-state index is 0.0707. The molecule has 1 aromatic rings. The Hall–Kier alpha value is -0.800. The third kappa shape index (κ3) is 2.87. The van der Waals surface area contributed by atoms with Crippen molar-refractivity contribution in [1.29, 1.82) is 0 Å². The summed E-state index contributed by atoms with van der Waals surface area (Å²) in [5.41, 5.74) is 0.689. The van der Waals surface area contributed by atoms with Gasteiger partial charge in [-0.25, -0.2) is 4.39 Å². The molecule has 0 saturated carbocycles. The Labute approximate surface area is 119 Å². The Balaban J connectivity index is 2.33. The topological polar surface area (TPSA) is 15.3 Å². The molecular weight excluding hydrogens is 263 g/mol. The molecular formula is C15H22ClFN2. The molecule has 0 spiro atoms. The quantitative estimate of drug-likeness (QED) is 0.907. The van der Waals surface area contributed by atoms with Gasteiger partial charge >= 0.3 is 0 Å². The molecule has 0 aliphatic carbocycles. The first-order chi connectivity index (χ1) is 9.01. The summed E-state index contributed by atoms with van der Waals surface area (Å²) in [6.45, 7) is 8.16. The van der Waals surface area contributed by atoms with Crippen molar-refractivity contribution in [3.05, 3.63) is 29.0 Å². The average molecular weight is 285 g/mol. The molecule has 0 amide bonds. The Bertz CT molecular complexity index is 446. The lowest BCUT2D eigenvalue weighted by Gasteiger charge is -2.47. The molecule has 0 radical (unpaired) electrons. The molecule has 0 aromatic heterocycles. The number of rotatable bonds is 3. The van der Waals surface area contributed by atoms with Gasteiger partial charge in [0, 0.05) is 29.7 Å². The Kier molecular flexibility index (Phi) is 4.36. The maximum absolute atomic E-state index is 14.1. The van der Waals surface area contributed by atoms with Crippen LogP contribution in [0.1, 0.15) is 33.6 Å². The van der Waals surface area contributed by atoms with Crippen LogP contribution in [0.3, 0.4) is 0 Å². The van der Waals surface area contributed by atoms with E-state index >= 15 is 0 Å². The third-order valence-corrected chi connectivity index (χ3v) is 4.58. The smallest absolute Gasteiger partial charge is 0.146 e. The fourth-order valence-electron chi connectivity index (χ4n) is 2.76. The normalized spacial score (nSPS) is 22.6. The van der Waals surface area contributed by atoms with Crippen molar-refractivity contribution in [3.63, 3.8) is 0 Å². The number of hydrogen-bond acceptors (Lipinski definition) is 2. The van der Waals surface area contributed by atoms with Gasteiger partial charge in [0.2, 0.25) is 0 Å². The standard InChI is InChI=1S/C15H22ClFN2/c1-4-15(5-2)10-19(11(3)9-18-15)14-8-12(16)6-7-13(14)17/h6-8,11,18H,4-5,9-10H2,1-3H3. The predicted molar refractivity (Wildman–Crippen MR) is 79.5 cm³/mol. The molecule has 1 aromatic carbocycles. The zero-order chi connectivity index (χ0) is 14.0. The number of nitrogens with zero attached hydrogens (tertiary/aromatic N) is 1. The van der Waals surface area contributed by atoms with Gasteiger partial charge in [-0.2, -0.15) is 0 Å². The van der Waals surface area contributed by atoms with Crippen LogP contribution in [0, 0.1) is 5.82 Å². The summed E-state index contributed by atoms with van der Waals surface area (Å²) in [6, 6.07) is 5.04. The van der Waals surface area contributed by atoms with E-state index in [-0.39, 0.29) is 17.4 Å². The van der Waals surface area contributed by atoms with E-state index in [9.17, 15) is 4.39 Å². The first kappa shape index (κ1) is 14.6. The number of hydrogen-bond donors (Lipinski definition) is 1. The molecule has 1 saturated heterocycles. The molecule has 1 fully saturated rings. The monoisotopic (exact) mass is 284 g/mol. The van der Waals surface area contributed by atoms with E-state index in [0.29, 0.717) is 10.7 Å². The number of piperazine rings is 1. The largest absolute Gasteiger partial charge is 0.363 e. The zero-order valence-electron chi connectivity index (χ0n) is 11.8. The van der Waals surface area contributed by atoms with Crippen LogP contribution in [0.15, 0.2) is 18.2 Å². The van der Waals surface area contributed by atoms with Crippen LogP contribution in [0.4, 0.5) is 10.1 Å². The van der Waals surface area contributed by atoms with Crippen LogP contribution in [-0.4, -0.2) is 24.7 Å². The lowest BCUT2D eigenvalue weighted by Crippen LogP contribution is -2.63. The van der Waals surface area contributed by atoms with Crippen LogP contribution in [0.5, 0.6) is 0 Å². The molecule has 1 atom stereocenters. The van der Waals surface area contributed by atoms with Crippen molar-refractivity contribution in [1.82, 2.24) is 5.32 Å². The Morgan fingerprint density at radius 3 is 2.74 bits per heavy atom. The van der Waals surface area contributed by atoms with Gasteiger partial charge in [0.25, 0.3) is 0 Å². The fourth-order valence-corrected chi connectivity index (χ4v) is 2.93. The van der Waals surface area contributed by atoms with Crippen LogP contribution < -0.4 is 10.2 Å². The van der Waals surface area contributed by atoms with Gasteiger partial charge in [0.15, 0.2) is 0 Å². The number of nitrogens with one attached hydrogen (secondary N) is 1. The number of benzene rings is 1. The second kappa shape index (κ2) is 5.68. The first-order valence-corrected chi connectivity index (χ1v) is 7.36. The van der Waals surface area contributed by atoms with Crippen LogP contribution >= 0.6 is 11.6 Å². The fraction of sp³-hybridized carbons (Fsp3) is 0.600. The summed E-state index contributed by atoms with van der Waals surface area (Å²) in [6.07, 6.45) is 2.07. The summed E-state index contributed by atoms with van der Waals surface area (Å²) in [5, 5.41) is 4.20. The van der Waals surface area contributed by atoms with E-state index in [4.69, 9.17) is 11.6 Å². The van der Waals surface area contributed by atoms with Crippen molar-refractivity contribution >= 4 is 17.3 Å². The highest BCUT2D eigenvalue weighted by Gasteiger charge is 2.36. The van der Waals surface area contributed by atoms with E-state index in [2.05, 4.69) is 31.0 Å². The van der Waals surface area contributed by atoms with Gasteiger partial charge in [-0.05, 0) is 38.0 Å². The summed E-state index contributed by atoms with van der Waals surface area (Å²) in [4.78, 5) is 2.14. The molecule has 19 heavy (non-hydrogen) atoms. The molecule has 1 unspecified atom stereocenters. The van der Waals surface area contributed by atoms with Crippen molar-refractivity contribution in [2.45, 2.75) is 45.2 Å². The number of halogens is 2. The minimum atomic E-state index is -0.195. The molecule has 106 valence electrons. The summed E-state index contributed by atoms with van der Waals surface area (Å²) < 4.78 is 14.1. The van der Waals surface area contributed by atoms with Gasteiger partial charge in [-0.1, -0.05) is 25.4 Å². The highest BCUT2D eigenvalue weighted by atomic mass is 35.5. The van der Waals surface area contributed by atoms with E-state index in [1.807, 2.05) is 0 Å². The van der Waals surface area contributed by atoms with Crippen molar-refractivity contribution in [2.75, 3.05) is 18.0 Å². The molecule has 1 aliphatic heterocycles. The van der Waals surface area contributed by atoms with Gasteiger partial charge in [0.1, 0.15) is 5.82 Å². The van der Waals surface area contributed by atoms with Crippen molar-refractivity contribution in [2.24, 2.45) is 0 Å². The minimum Gasteiger partial charge on any atom is -0.363 e. The molecule has 1 aliphatic rings. The highest BCUT2D eigenvalue weighted by molar-refractivity contribution is 6.30. The molecule has 2 nitrogen and oxygen atoms in total.